The zero-order valence-electron chi connectivity index (χ0n) is 9.93. The molecular weight excluding hydrogens is 240 g/mol. The van der Waals surface area contributed by atoms with Crippen LogP contribution in [0.25, 0.3) is 0 Å². The van der Waals surface area contributed by atoms with E-state index < -0.39 is 9.84 Å². The van der Waals surface area contributed by atoms with Crippen LogP contribution < -0.4 is 5.73 Å². The highest BCUT2D eigenvalue weighted by Crippen LogP contribution is 2.11. The van der Waals surface area contributed by atoms with Crippen molar-refractivity contribution >= 4 is 9.84 Å². The van der Waals surface area contributed by atoms with Crippen molar-refractivity contribution in [2.45, 2.75) is 18.7 Å². The summed E-state index contributed by atoms with van der Waals surface area (Å²) in [5, 5.41) is 0. The van der Waals surface area contributed by atoms with Crippen molar-refractivity contribution in [1.82, 2.24) is 4.98 Å². The van der Waals surface area contributed by atoms with Crippen molar-refractivity contribution in [1.29, 1.82) is 0 Å². The molecule has 6 heteroatoms. The Kier molecular flexibility index (Phi) is 5.54. The number of sulfone groups is 1. The summed E-state index contributed by atoms with van der Waals surface area (Å²) in [5.74, 6) is 0.122. The smallest absolute Gasteiger partial charge is 0.154 e. The van der Waals surface area contributed by atoms with Crippen LogP contribution in [0, 0.1) is 0 Å². The van der Waals surface area contributed by atoms with Crippen LogP contribution in [0.3, 0.4) is 0 Å². The molecule has 0 aliphatic heterocycles. The molecule has 0 amide bonds. The van der Waals surface area contributed by atoms with E-state index in [1.165, 1.54) is 0 Å². The Morgan fingerprint density at radius 2 is 2.24 bits per heavy atom. The summed E-state index contributed by atoms with van der Waals surface area (Å²) in [5.41, 5.74) is 6.84. The molecule has 1 rings (SSSR count). The number of methoxy groups -OCH3 is 1. The first-order valence-electron chi connectivity index (χ1n) is 5.41. The van der Waals surface area contributed by atoms with Crippen LogP contribution in [0.5, 0.6) is 0 Å². The number of hydrogen-bond acceptors (Lipinski definition) is 5. The molecular formula is C11H18N2O3S. The summed E-state index contributed by atoms with van der Waals surface area (Å²) in [6.07, 6.45) is 2.13. The van der Waals surface area contributed by atoms with Crippen molar-refractivity contribution in [3.05, 3.63) is 29.6 Å². The Morgan fingerprint density at radius 1 is 1.47 bits per heavy atom. The molecule has 0 fully saturated rings. The summed E-state index contributed by atoms with van der Waals surface area (Å²) in [6, 6.07) is 3.47. The first-order chi connectivity index (χ1) is 8.09. The van der Waals surface area contributed by atoms with E-state index in [4.69, 9.17) is 10.5 Å². The molecule has 2 N–H and O–H groups in total. The third-order valence-electron chi connectivity index (χ3n) is 2.36. The molecule has 1 aromatic rings. The largest absolute Gasteiger partial charge is 0.385 e. The van der Waals surface area contributed by atoms with Gasteiger partial charge in [-0.05, 0) is 18.1 Å². The molecule has 0 aromatic carbocycles. The highest BCUT2D eigenvalue weighted by atomic mass is 32.2. The first kappa shape index (κ1) is 14.1. The average molecular weight is 258 g/mol. The Morgan fingerprint density at radius 3 is 2.88 bits per heavy atom. The number of rotatable bonds is 7. The van der Waals surface area contributed by atoms with Crippen LogP contribution in [0.15, 0.2) is 18.3 Å². The molecule has 0 radical (unpaired) electrons. The van der Waals surface area contributed by atoms with Crippen molar-refractivity contribution in [2.75, 3.05) is 19.5 Å². The fourth-order valence-corrected chi connectivity index (χ4v) is 2.96. The van der Waals surface area contributed by atoms with Gasteiger partial charge in [-0.2, -0.15) is 0 Å². The topological polar surface area (TPSA) is 82.3 Å². The lowest BCUT2D eigenvalue weighted by atomic mass is 10.2. The molecule has 5 nitrogen and oxygen atoms in total. The third-order valence-corrected chi connectivity index (χ3v) is 4.02. The van der Waals surface area contributed by atoms with Gasteiger partial charge in [-0.3, -0.25) is 4.98 Å². The number of ether oxygens (including phenoxy) is 1. The molecule has 0 atom stereocenters. The van der Waals surface area contributed by atoms with Gasteiger partial charge in [-0.15, -0.1) is 0 Å². The molecule has 1 aromatic heterocycles. The van der Waals surface area contributed by atoms with Crippen molar-refractivity contribution < 1.29 is 13.2 Å². The van der Waals surface area contributed by atoms with Gasteiger partial charge in [0.2, 0.25) is 0 Å². The standard InChI is InChI=1S/C11H18N2O3S/c1-16-6-3-7-17(14,15)9-10-4-2-5-13-11(10)8-12/h2,4-5H,3,6-9,12H2,1H3. The second-order valence-corrected chi connectivity index (χ2v) is 5.94. The predicted molar refractivity (Wildman–Crippen MR) is 66.1 cm³/mol. The van der Waals surface area contributed by atoms with E-state index in [1.807, 2.05) is 0 Å². The highest BCUT2D eigenvalue weighted by molar-refractivity contribution is 7.90. The molecule has 0 saturated heterocycles. The monoisotopic (exact) mass is 258 g/mol. The SMILES string of the molecule is COCCCS(=O)(=O)Cc1cccnc1CN. The van der Waals surface area contributed by atoms with E-state index in [9.17, 15) is 8.42 Å². The van der Waals surface area contributed by atoms with Crippen LogP contribution in [-0.2, 0) is 26.9 Å². The Labute approximate surface area is 102 Å². The quantitative estimate of drug-likeness (QED) is 0.720. The zero-order valence-corrected chi connectivity index (χ0v) is 10.7. The number of pyridine rings is 1. The molecule has 96 valence electrons. The highest BCUT2D eigenvalue weighted by Gasteiger charge is 2.14. The molecule has 0 spiro atoms. The first-order valence-corrected chi connectivity index (χ1v) is 7.23. The number of hydrogen-bond donors (Lipinski definition) is 1. The molecule has 17 heavy (non-hydrogen) atoms. The summed E-state index contributed by atoms with van der Waals surface area (Å²) in [7, 11) is -1.56. The van der Waals surface area contributed by atoms with Crippen LogP contribution >= 0.6 is 0 Å². The minimum Gasteiger partial charge on any atom is -0.385 e. The lowest BCUT2D eigenvalue weighted by Gasteiger charge is -2.07. The van der Waals surface area contributed by atoms with E-state index in [2.05, 4.69) is 4.98 Å². The number of nitrogens with two attached hydrogens (primary N) is 1. The summed E-state index contributed by atoms with van der Waals surface area (Å²) >= 11 is 0. The molecule has 1 heterocycles. The minimum absolute atomic E-state index is 0.00289. The van der Waals surface area contributed by atoms with Crippen LogP contribution in [0.4, 0.5) is 0 Å². The Bertz CT molecular complexity index is 446. The lowest BCUT2D eigenvalue weighted by molar-refractivity contribution is 0.199. The van der Waals surface area contributed by atoms with Crippen LogP contribution in [0.1, 0.15) is 17.7 Å². The van der Waals surface area contributed by atoms with Crippen LogP contribution in [0.2, 0.25) is 0 Å². The molecule has 0 saturated carbocycles. The van der Waals surface area contributed by atoms with Gasteiger partial charge in [-0.25, -0.2) is 8.42 Å². The average Bonchev–Trinajstić information content (AvgIpc) is 2.29. The number of nitrogens with zero attached hydrogens (tertiary/aromatic N) is 1. The second-order valence-electron chi connectivity index (χ2n) is 3.75. The maximum absolute atomic E-state index is 11.8. The zero-order chi connectivity index (χ0) is 12.7. The van der Waals surface area contributed by atoms with Crippen molar-refractivity contribution in [3.63, 3.8) is 0 Å². The van der Waals surface area contributed by atoms with Gasteiger partial charge in [-0.1, -0.05) is 6.07 Å². The van der Waals surface area contributed by atoms with Crippen LogP contribution in [-0.4, -0.2) is 32.9 Å². The Balaban J connectivity index is 2.69. The van der Waals surface area contributed by atoms with E-state index >= 15 is 0 Å². The summed E-state index contributed by atoms with van der Waals surface area (Å²) < 4.78 is 28.5. The molecule has 0 bridgehead atoms. The maximum atomic E-state index is 11.8. The van der Waals surface area contributed by atoms with Gasteiger partial charge in [0.1, 0.15) is 0 Å². The normalized spacial score (nSPS) is 11.6. The Hall–Kier alpha value is -0.980. The summed E-state index contributed by atoms with van der Waals surface area (Å²) in [4.78, 5) is 4.06. The van der Waals surface area contributed by atoms with Gasteiger partial charge in [0, 0.05) is 26.5 Å². The fourth-order valence-electron chi connectivity index (χ4n) is 1.52. The maximum Gasteiger partial charge on any atom is 0.154 e. The van der Waals surface area contributed by atoms with Gasteiger partial charge < -0.3 is 10.5 Å². The van der Waals surface area contributed by atoms with E-state index in [0.29, 0.717) is 24.3 Å². The van der Waals surface area contributed by atoms with Gasteiger partial charge in [0.25, 0.3) is 0 Å². The van der Waals surface area contributed by atoms with E-state index in [1.54, 1.807) is 25.4 Å². The van der Waals surface area contributed by atoms with Gasteiger partial charge >= 0.3 is 0 Å². The lowest BCUT2D eigenvalue weighted by Crippen LogP contribution is -2.14. The minimum atomic E-state index is -3.12. The summed E-state index contributed by atoms with van der Waals surface area (Å²) in [6.45, 7) is 0.708. The van der Waals surface area contributed by atoms with Crippen molar-refractivity contribution in [2.24, 2.45) is 5.73 Å². The number of aromatic nitrogens is 1. The van der Waals surface area contributed by atoms with E-state index in [-0.39, 0.29) is 18.1 Å². The van der Waals surface area contributed by atoms with E-state index in [0.717, 1.165) is 0 Å². The predicted octanol–water partition coefficient (Wildman–Crippen LogP) is 0.492. The fraction of sp³-hybridized carbons (Fsp3) is 0.545. The molecule has 0 aliphatic carbocycles. The van der Waals surface area contributed by atoms with Crippen molar-refractivity contribution in [3.8, 4) is 0 Å². The molecule has 0 aliphatic rings. The molecule has 0 unspecified atom stereocenters. The third kappa shape index (κ3) is 4.80. The van der Waals surface area contributed by atoms with Gasteiger partial charge in [0.05, 0.1) is 17.2 Å². The second kappa shape index (κ2) is 6.68. The van der Waals surface area contributed by atoms with Gasteiger partial charge in [0.15, 0.2) is 9.84 Å².